The maximum atomic E-state index is 13.0. The number of aromatic nitrogens is 3. The fraction of sp³-hybridized carbons (Fsp3) is 0.261. The van der Waals surface area contributed by atoms with Crippen LogP contribution in [0.25, 0.3) is 21.9 Å². The predicted octanol–water partition coefficient (Wildman–Crippen LogP) is 4.37. The van der Waals surface area contributed by atoms with Gasteiger partial charge in [0.05, 0.1) is 19.7 Å². The van der Waals surface area contributed by atoms with Crippen LogP contribution in [0.4, 0.5) is 5.69 Å². The van der Waals surface area contributed by atoms with Crippen molar-refractivity contribution < 1.29 is 14.3 Å². The zero-order valence-corrected chi connectivity index (χ0v) is 18.7. The Kier molecular flexibility index (Phi) is 6.27. The Balaban J connectivity index is 1.43. The number of rotatable bonds is 8. The van der Waals surface area contributed by atoms with Crippen molar-refractivity contribution in [3.8, 4) is 11.5 Å². The number of H-pyrrole nitrogens is 2. The summed E-state index contributed by atoms with van der Waals surface area (Å²) in [6.07, 6.45) is 1.61. The molecule has 0 radical (unpaired) electrons. The second kappa shape index (κ2) is 9.27. The van der Waals surface area contributed by atoms with Gasteiger partial charge in [-0.1, -0.05) is 6.07 Å². The Morgan fingerprint density at radius 1 is 1.03 bits per heavy atom. The van der Waals surface area contributed by atoms with Gasteiger partial charge >= 0.3 is 0 Å². The highest BCUT2D eigenvalue weighted by Gasteiger charge is 2.12. The molecule has 0 fully saturated rings. The van der Waals surface area contributed by atoms with Crippen molar-refractivity contribution in [3.63, 3.8) is 0 Å². The van der Waals surface area contributed by atoms with Gasteiger partial charge < -0.3 is 24.8 Å². The van der Waals surface area contributed by atoms with Crippen molar-refractivity contribution in [1.82, 2.24) is 14.5 Å². The molecule has 0 aliphatic carbocycles. The number of fused-ring (bicyclic) bond motifs is 3. The fourth-order valence-corrected chi connectivity index (χ4v) is 3.95. The number of ether oxygens (including phenoxy) is 2. The molecule has 0 aliphatic heterocycles. The lowest BCUT2D eigenvalue weighted by Gasteiger charge is -2.08. The summed E-state index contributed by atoms with van der Waals surface area (Å²) in [4.78, 5) is 31.6. The molecule has 2 heterocycles. The Hall–Kier alpha value is -3.59. The van der Waals surface area contributed by atoms with E-state index in [-0.39, 0.29) is 11.5 Å². The van der Waals surface area contributed by atoms with Crippen LogP contribution in [0.5, 0.6) is 11.5 Å². The lowest BCUT2D eigenvalue weighted by Crippen LogP contribution is -2.22. The molecule has 8 nitrogen and oxygen atoms in total. The van der Waals surface area contributed by atoms with E-state index in [4.69, 9.17) is 21.7 Å². The summed E-state index contributed by atoms with van der Waals surface area (Å²) in [5.41, 5.74) is 2.48. The number of methoxy groups -OCH3 is 2. The third kappa shape index (κ3) is 4.38. The number of carbonyl (C=O) groups is 1. The molecule has 2 aromatic heterocycles. The van der Waals surface area contributed by atoms with E-state index < -0.39 is 0 Å². The minimum Gasteiger partial charge on any atom is -0.497 e. The molecule has 32 heavy (non-hydrogen) atoms. The van der Waals surface area contributed by atoms with Gasteiger partial charge in [-0.15, -0.1) is 0 Å². The van der Waals surface area contributed by atoms with Gasteiger partial charge in [0.2, 0.25) is 5.91 Å². The van der Waals surface area contributed by atoms with Gasteiger partial charge in [-0.2, -0.15) is 0 Å². The van der Waals surface area contributed by atoms with Crippen LogP contribution in [0, 0.1) is 4.77 Å². The zero-order valence-electron chi connectivity index (χ0n) is 17.9. The molecule has 0 saturated carbocycles. The molecule has 0 spiro atoms. The number of benzene rings is 2. The molecule has 0 saturated heterocycles. The van der Waals surface area contributed by atoms with E-state index in [2.05, 4.69) is 15.3 Å². The van der Waals surface area contributed by atoms with E-state index in [1.165, 1.54) is 4.57 Å². The van der Waals surface area contributed by atoms with Crippen LogP contribution >= 0.6 is 12.2 Å². The van der Waals surface area contributed by atoms with E-state index in [1.54, 1.807) is 20.3 Å². The Labute approximate surface area is 189 Å². The highest BCUT2D eigenvalue weighted by Crippen LogP contribution is 2.26. The summed E-state index contributed by atoms with van der Waals surface area (Å²) in [7, 11) is 3.18. The smallest absolute Gasteiger partial charge is 0.278 e. The number of aromatic amines is 2. The molecule has 9 heteroatoms. The van der Waals surface area contributed by atoms with Crippen LogP contribution in [-0.2, 0) is 11.3 Å². The van der Waals surface area contributed by atoms with E-state index in [0.717, 1.165) is 10.9 Å². The number of unbranched alkanes of at least 4 members (excludes halogenated alkanes) is 1. The number of carbonyl (C=O) groups excluding carboxylic acids is 1. The van der Waals surface area contributed by atoms with Gasteiger partial charge in [0, 0.05) is 35.6 Å². The molecule has 0 bridgehead atoms. The second-order valence-corrected chi connectivity index (χ2v) is 7.80. The Morgan fingerprint density at radius 2 is 1.81 bits per heavy atom. The van der Waals surface area contributed by atoms with Crippen molar-refractivity contribution in [2.75, 3.05) is 19.5 Å². The van der Waals surface area contributed by atoms with Crippen molar-refractivity contribution in [2.24, 2.45) is 0 Å². The van der Waals surface area contributed by atoms with Gasteiger partial charge in [0.25, 0.3) is 5.56 Å². The van der Waals surface area contributed by atoms with E-state index in [1.807, 2.05) is 36.4 Å². The summed E-state index contributed by atoms with van der Waals surface area (Å²) >= 11 is 5.44. The molecule has 4 aromatic rings. The monoisotopic (exact) mass is 452 g/mol. The summed E-state index contributed by atoms with van der Waals surface area (Å²) < 4.78 is 12.3. The van der Waals surface area contributed by atoms with Crippen molar-refractivity contribution in [3.05, 3.63) is 57.6 Å². The van der Waals surface area contributed by atoms with Gasteiger partial charge in [0.1, 0.15) is 17.0 Å². The average Bonchev–Trinajstić information content (AvgIpc) is 3.16. The van der Waals surface area contributed by atoms with E-state index in [9.17, 15) is 9.59 Å². The molecular formula is C23H24N4O4S. The molecule has 1 amide bonds. The first-order valence-electron chi connectivity index (χ1n) is 10.3. The summed E-state index contributed by atoms with van der Waals surface area (Å²) in [6.45, 7) is 0.426. The summed E-state index contributed by atoms with van der Waals surface area (Å²) in [5, 5.41) is 3.71. The van der Waals surface area contributed by atoms with Gasteiger partial charge in [0.15, 0.2) is 4.77 Å². The third-order valence-corrected chi connectivity index (χ3v) is 5.65. The van der Waals surface area contributed by atoms with Gasteiger partial charge in [-0.05, 0) is 55.4 Å². The van der Waals surface area contributed by atoms with E-state index in [0.29, 0.717) is 58.8 Å². The Bertz CT molecular complexity index is 1400. The second-order valence-electron chi connectivity index (χ2n) is 7.41. The molecular weight excluding hydrogens is 428 g/mol. The first-order chi connectivity index (χ1) is 15.5. The fourth-order valence-electron chi connectivity index (χ4n) is 3.67. The number of hydrogen-bond donors (Lipinski definition) is 3. The van der Waals surface area contributed by atoms with Crippen LogP contribution in [-0.4, -0.2) is 34.7 Å². The predicted molar refractivity (Wildman–Crippen MR) is 127 cm³/mol. The van der Waals surface area contributed by atoms with Crippen LogP contribution in [0.1, 0.15) is 19.3 Å². The van der Waals surface area contributed by atoms with E-state index >= 15 is 0 Å². The van der Waals surface area contributed by atoms with Gasteiger partial charge in [-0.25, -0.2) is 0 Å². The standard InChI is InChI=1S/C23H24N4O4S/c1-30-15-7-5-6-14(12-15)24-19(28)8-3-4-11-27-22(29)21-20(26-23(27)32)17-13-16(31-2)9-10-18(17)25-21/h5-7,9-10,12-13,25H,3-4,8,11H2,1-2H3,(H,24,28)(H,26,32). The number of hydrogen-bond acceptors (Lipinski definition) is 5. The van der Waals surface area contributed by atoms with Crippen molar-refractivity contribution in [1.29, 1.82) is 0 Å². The molecule has 2 aromatic carbocycles. The summed E-state index contributed by atoms with van der Waals surface area (Å²) in [6, 6.07) is 12.8. The first-order valence-corrected chi connectivity index (χ1v) is 10.7. The normalized spacial score (nSPS) is 11.1. The first kappa shape index (κ1) is 21.6. The van der Waals surface area contributed by atoms with Crippen LogP contribution in [0.2, 0.25) is 0 Å². The quantitative estimate of drug-likeness (QED) is 0.272. The zero-order chi connectivity index (χ0) is 22.7. The number of amides is 1. The van der Waals surface area contributed by atoms with Crippen LogP contribution < -0.4 is 20.3 Å². The molecule has 3 N–H and O–H groups in total. The molecule has 0 unspecified atom stereocenters. The lowest BCUT2D eigenvalue weighted by molar-refractivity contribution is -0.116. The molecule has 0 aliphatic rings. The van der Waals surface area contributed by atoms with Gasteiger partial charge in [-0.3, -0.25) is 14.2 Å². The number of nitrogens with one attached hydrogen (secondary N) is 3. The van der Waals surface area contributed by atoms with Crippen LogP contribution in [0.3, 0.4) is 0 Å². The van der Waals surface area contributed by atoms with Crippen LogP contribution in [0.15, 0.2) is 47.3 Å². The van der Waals surface area contributed by atoms with Crippen molar-refractivity contribution in [2.45, 2.75) is 25.8 Å². The minimum absolute atomic E-state index is 0.0872. The largest absolute Gasteiger partial charge is 0.497 e. The average molecular weight is 453 g/mol. The SMILES string of the molecule is COc1cccc(NC(=O)CCCCn2c(=S)[nH]c3c([nH]c4ccc(OC)cc43)c2=O)c1. The number of anilines is 1. The molecule has 166 valence electrons. The molecule has 0 atom stereocenters. The topological polar surface area (TPSA) is 101 Å². The highest BCUT2D eigenvalue weighted by molar-refractivity contribution is 7.71. The minimum atomic E-state index is -0.181. The molecule has 4 rings (SSSR count). The maximum absolute atomic E-state index is 13.0. The highest BCUT2D eigenvalue weighted by atomic mass is 32.1. The van der Waals surface area contributed by atoms with Crippen molar-refractivity contribution >= 4 is 45.7 Å². The number of nitrogens with zero attached hydrogens (tertiary/aromatic N) is 1. The third-order valence-electron chi connectivity index (χ3n) is 5.33. The maximum Gasteiger partial charge on any atom is 0.278 e. The summed E-state index contributed by atoms with van der Waals surface area (Å²) in [5.74, 6) is 1.30. The lowest BCUT2D eigenvalue weighted by atomic mass is 10.2. The Morgan fingerprint density at radius 3 is 2.59 bits per heavy atom.